The lowest BCUT2D eigenvalue weighted by atomic mass is 10.2. The third kappa shape index (κ3) is 4.05. The largest absolute Gasteiger partial charge is 0.311 e. The first-order valence-electron chi connectivity index (χ1n) is 5.92. The Morgan fingerprint density at radius 2 is 2.20 bits per heavy atom. The second-order valence-electron chi connectivity index (χ2n) is 3.78. The molecule has 2 rings (SSSR count). The zero-order chi connectivity index (χ0) is 14.2. The van der Waals surface area contributed by atoms with Crippen molar-refractivity contribution in [1.29, 1.82) is 5.26 Å². The van der Waals surface area contributed by atoms with Gasteiger partial charge in [0.05, 0.1) is 18.2 Å². The quantitative estimate of drug-likeness (QED) is 0.767. The molecule has 0 aliphatic heterocycles. The fourth-order valence-corrected chi connectivity index (χ4v) is 2.96. The summed E-state index contributed by atoms with van der Waals surface area (Å²) in [6.45, 7) is 0.399. The highest BCUT2D eigenvalue weighted by Crippen LogP contribution is 2.21. The summed E-state index contributed by atoms with van der Waals surface area (Å²) in [6, 6.07) is 11.4. The van der Waals surface area contributed by atoms with Crippen LogP contribution in [0, 0.1) is 11.3 Å². The van der Waals surface area contributed by atoms with E-state index < -0.39 is 0 Å². The summed E-state index contributed by atoms with van der Waals surface area (Å²) in [7, 11) is 0. The molecule has 0 saturated heterocycles. The minimum atomic E-state index is -0.0355. The van der Waals surface area contributed by atoms with Crippen molar-refractivity contribution < 1.29 is 4.79 Å². The van der Waals surface area contributed by atoms with Crippen LogP contribution in [0.15, 0.2) is 40.2 Å². The molecule has 5 nitrogen and oxygen atoms in total. The highest BCUT2D eigenvalue weighted by molar-refractivity contribution is 8.01. The van der Waals surface area contributed by atoms with Gasteiger partial charge in [-0.1, -0.05) is 41.3 Å². The van der Waals surface area contributed by atoms with E-state index in [9.17, 15) is 4.79 Å². The predicted octanol–water partition coefficient (Wildman–Crippen LogP) is 2.58. The normalized spacial score (nSPS) is 9.95. The van der Waals surface area contributed by atoms with Crippen LogP contribution in [-0.4, -0.2) is 28.4 Å². The molecule has 0 fully saturated rings. The van der Waals surface area contributed by atoms with Gasteiger partial charge in [-0.25, -0.2) is 0 Å². The van der Waals surface area contributed by atoms with Crippen LogP contribution in [0.5, 0.6) is 0 Å². The van der Waals surface area contributed by atoms with Crippen molar-refractivity contribution in [2.45, 2.75) is 10.8 Å². The number of amides is 1. The number of rotatable bonds is 6. The first-order chi connectivity index (χ1) is 9.81. The Kier molecular flexibility index (Phi) is 5.53. The predicted molar refractivity (Wildman–Crippen MR) is 79.7 cm³/mol. The monoisotopic (exact) mass is 304 g/mol. The van der Waals surface area contributed by atoms with E-state index >= 15 is 0 Å². The van der Waals surface area contributed by atoms with Gasteiger partial charge in [-0.15, -0.1) is 10.2 Å². The lowest BCUT2D eigenvalue weighted by Gasteiger charge is -2.21. The summed E-state index contributed by atoms with van der Waals surface area (Å²) in [4.78, 5) is 13.9. The van der Waals surface area contributed by atoms with E-state index in [0.29, 0.717) is 13.0 Å². The average molecular weight is 304 g/mol. The van der Waals surface area contributed by atoms with Crippen molar-refractivity contribution in [3.8, 4) is 6.07 Å². The van der Waals surface area contributed by atoms with E-state index in [2.05, 4.69) is 16.3 Å². The summed E-state index contributed by atoms with van der Waals surface area (Å²) >= 11 is 2.77. The topological polar surface area (TPSA) is 69.9 Å². The number of nitriles is 1. The summed E-state index contributed by atoms with van der Waals surface area (Å²) in [6.07, 6.45) is 0.310. The third-order valence-electron chi connectivity index (χ3n) is 2.48. The fraction of sp³-hybridized carbons (Fsp3) is 0.231. The Bertz CT molecular complexity index is 580. The highest BCUT2D eigenvalue weighted by Gasteiger charge is 2.16. The summed E-state index contributed by atoms with van der Waals surface area (Å²) in [5, 5.41) is 16.3. The molecule has 2 aromatic rings. The van der Waals surface area contributed by atoms with Gasteiger partial charge < -0.3 is 4.90 Å². The van der Waals surface area contributed by atoms with Crippen molar-refractivity contribution in [3.05, 3.63) is 35.8 Å². The van der Waals surface area contributed by atoms with Crippen molar-refractivity contribution in [1.82, 2.24) is 10.2 Å². The Labute approximate surface area is 125 Å². The molecule has 20 heavy (non-hydrogen) atoms. The number of thioether (sulfide) groups is 1. The van der Waals surface area contributed by atoms with E-state index in [-0.39, 0.29) is 11.7 Å². The van der Waals surface area contributed by atoms with Crippen LogP contribution in [0.4, 0.5) is 5.69 Å². The minimum absolute atomic E-state index is 0.0355. The first-order valence-corrected chi connectivity index (χ1v) is 7.79. The number of nitrogens with zero attached hydrogens (tertiary/aromatic N) is 4. The molecule has 1 aromatic heterocycles. The van der Waals surface area contributed by atoms with Crippen LogP contribution < -0.4 is 4.90 Å². The molecule has 0 saturated carbocycles. The Morgan fingerprint density at radius 3 is 2.85 bits per heavy atom. The van der Waals surface area contributed by atoms with E-state index in [1.807, 2.05) is 30.3 Å². The molecule has 0 atom stereocenters. The minimum Gasteiger partial charge on any atom is -0.311 e. The van der Waals surface area contributed by atoms with E-state index in [1.165, 1.54) is 23.1 Å². The van der Waals surface area contributed by atoms with Crippen LogP contribution >= 0.6 is 23.1 Å². The first kappa shape index (κ1) is 14.5. The number of hydrogen-bond acceptors (Lipinski definition) is 6. The smallest absolute Gasteiger partial charge is 0.237 e. The van der Waals surface area contributed by atoms with Gasteiger partial charge in [-0.05, 0) is 12.1 Å². The van der Waals surface area contributed by atoms with Crippen LogP contribution in [0.25, 0.3) is 0 Å². The van der Waals surface area contributed by atoms with Gasteiger partial charge in [0.15, 0.2) is 4.34 Å². The van der Waals surface area contributed by atoms with Gasteiger partial charge in [0, 0.05) is 12.2 Å². The van der Waals surface area contributed by atoms with E-state index in [1.54, 1.807) is 10.4 Å². The van der Waals surface area contributed by atoms with Crippen LogP contribution in [0.2, 0.25) is 0 Å². The molecular weight excluding hydrogens is 292 g/mol. The van der Waals surface area contributed by atoms with Crippen molar-refractivity contribution in [2.24, 2.45) is 0 Å². The van der Waals surface area contributed by atoms with Gasteiger partial charge in [-0.2, -0.15) is 5.26 Å². The maximum absolute atomic E-state index is 12.3. The third-order valence-corrected chi connectivity index (χ3v) is 4.32. The van der Waals surface area contributed by atoms with Crippen molar-refractivity contribution in [2.75, 3.05) is 17.2 Å². The zero-order valence-electron chi connectivity index (χ0n) is 10.6. The second kappa shape index (κ2) is 7.62. The summed E-state index contributed by atoms with van der Waals surface area (Å²) in [5.41, 5.74) is 2.45. The standard InChI is InChI=1S/C13H12N4OS2/c14-7-4-8-17(11-5-2-1-3-6-11)12(18)9-19-13-16-15-10-20-13/h1-3,5-6,10H,4,8-9H2. The molecule has 1 aromatic carbocycles. The van der Waals surface area contributed by atoms with Gasteiger partial charge in [0.1, 0.15) is 5.51 Å². The number of carbonyl (C=O) groups excluding carboxylic acids is 1. The van der Waals surface area contributed by atoms with Crippen molar-refractivity contribution >= 4 is 34.7 Å². The molecule has 7 heteroatoms. The Balaban J connectivity index is 2.02. The van der Waals surface area contributed by atoms with Gasteiger partial charge in [0.25, 0.3) is 0 Å². The molecule has 1 amide bonds. The number of anilines is 1. The maximum Gasteiger partial charge on any atom is 0.237 e. The molecule has 0 unspecified atom stereocenters. The molecular formula is C13H12N4OS2. The SMILES string of the molecule is N#CCCN(C(=O)CSc1nncs1)c1ccccc1. The average Bonchev–Trinajstić information content (AvgIpc) is 3.00. The van der Waals surface area contributed by atoms with Gasteiger partial charge in [0.2, 0.25) is 5.91 Å². The maximum atomic E-state index is 12.3. The number of aromatic nitrogens is 2. The van der Waals surface area contributed by atoms with Gasteiger partial charge >= 0.3 is 0 Å². The summed E-state index contributed by atoms with van der Waals surface area (Å²) < 4.78 is 0.770. The molecule has 0 spiro atoms. The number of benzene rings is 1. The highest BCUT2D eigenvalue weighted by atomic mass is 32.2. The van der Waals surface area contributed by atoms with E-state index in [0.717, 1.165) is 10.0 Å². The summed E-state index contributed by atoms with van der Waals surface area (Å²) in [5.74, 6) is 0.252. The second-order valence-corrected chi connectivity index (χ2v) is 5.84. The van der Waals surface area contributed by atoms with Gasteiger partial charge in [-0.3, -0.25) is 4.79 Å². The lowest BCUT2D eigenvalue weighted by Crippen LogP contribution is -2.33. The number of carbonyl (C=O) groups is 1. The van der Waals surface area contributed by atoms with Crippen molar-refractivity contribution in [3.63, 3.8) is 0 Å². The van der Waals surface area contributed by atoms with Crippen LogP contribution in [0.3, 0.4) is 0 Å². The molecule has 0 aliphatic rings. The number of para-hydroxylation sites is 1. The Morgan fingerprint density at radius 1 is 1.40 bits per heavy atom. The Hall–Kier alpha value is -1.91. The molecule has 0 bridgehead atoms. The molecule has 102 valence electrons. The van der Waals surface area contributed by atoms with Crippen LogP contribution in [-0.2, 0) is 4.79 Å². The zero-order valence-corrected chi connectivity index (χ0v) is 12.2. The van der Waals surface area contributed by atoms with E-state index in [4.69, 9.17) is 5.26 Å². The lowest BCUT2D eigenvalue weighted by molar-refractivity contribution is -0.116. The molecule has 0 aliphatic carbocycles. The molecule has 1 heterocycles. The molecule has 0 N–H and O–H groups in total. The number of hydrogen-bond donors (Lipinski definition) is 0. The van der Waals surface area contributed by atoms with Crippen LogP contribution in [0.1, 0.15) is 6.42 Å². The fourth-order valence-electron chi connectivity index (χ4n) is 1.59. The molecule has 0 radical (unpaired) electrons.